The largest absolute Gasteiger partial charge is 0.393 e. The van der Waals surface area contributed by atoms with Gasteiger partial charge >= 0.3 is 0 Å². The number of aliphatic hydroxyl groups is 1. The first-order valence-corrected chi connectivity index (χ1v) is 8.32. The van der Waals surface area contributed by atoms with Crippen LogP contribution in [0.15, 0.2) is 60.7 Å². The average Bonchev–Trinajstić information content (AvgIpc) is 3.08. The van der Waals surface area contributed by atoms with Crippen LogP contribution < -0.4 is 5.32 Å². The highest BCUT2D eigenvalue weighted by atomic mass is 35.5. The van der Waals surface area contributed by atoms with Gasteiger partial charge in [0.05, 0.1) is 6.10 Å². The van der Waals surface area contributed by atoms with E-state index in [4.69, 9.17) is 0 Å². The molecule has 0 bridgehead atoms. The predicted octanol–water partition coefficient (Wildman–Crippen LogP) is 3.38. The molecular formula is C20H24ClNO. The Morgan fingerprint density at radius 1 is 0.870 bits per heavy atom. The molecule has 0 spiro atoms. The number of halogens is 1. The van der Waals surface area contributed by atoms with Gasteiger partial charge in [-0.2, -0.15) is 0 Å². The van der Waals surface area contributed by atoms with E-state index in [1.54, 1.807) is 0 Å². The van der Waals surface area contributed by atoms with Gasteiger partial charge in [-0.05, 0) is 36.4 Å². The maximum absolute atomic E-state index is 10.5. The normalized spacial score (nSPS) is 28.7. The van der Waals surface area contributed by atoms with E-state index in [0.29, 0.717) is 11.8 Å². The molecule has 1 heterocycles. The van der Waals surface area contributed by atoms with E-state index >= 15 is 0 Å². The summed E-state index contributed by atoms with van der Waals surface area (Å²) < 4.78 is 0. The molecule has 0 radical (unpaired) electrons. The fourth-order valence-corrected chi connectivity index (χ4v) is 4.77. The second-order valence-electron chi connectivity index (χ2n) is 6.74. The summed E-state index contributed by atoms with van der Waals surface area (Å²) in [6.45, 7) is 1.93. The van der Waals surface area contributed by atoms with E-state index in [9.17, 15) is 5.11 Å². The van der Waals surface area contributed by atoms with Crippen molar-refractivity contribution in [2.45, 2.75) is 24.4 Å². The van der Waals surface area contributed by atoms with Gasteiger partial charge in [0, 0.05) is 17.9 Å². The standard InChI is InChI=1S/C20H23NO.ClH/c22-19-11-12-20(15-7-3-1-4-8-15,16-9-5-2-6-10-16)18-14-21-13-17(18)19;/h1-10,17-19,21-22H,11-14H2;1H/t17?,18-,19?;/m1./s1. The maximum atomic E-state index is 10.5. The maximum Gasteiger partial charge on any atom is 0.0584 e. The summed E-state index contributed by atoms with van der Waals surface area (Å²) >= 11 is 0. The van der Waals surface area contributed by atoms with Gasteiger partial charge in [0.25, 0.3) is 0 Å². The Hall–Kier alpha value is -1.35. The molecule has 1 aliphatic carbocycles. The smallest absolute Gasteiger partial charge is 0.0584 e. The Kier molecular flexibility index (Phi) is 4.77. The summed E-state index contributed by atoms with van der Waals surface area (Å²) in [6.07, 6.45) is 1.73. The zero-order valence-electron chi connectivity index (χ0n) is 13.2. The number of hydrogen-bond donors (Lipinski definition) is 2. The molecule has 2 N–H and O–H groups in total. The lowest BCUT2D eigenvalue weighted by molar-refractivity contribution is 0.0238. The molecular weight excluding hydrogens is 306 g/mol. The lowest BCUT2D eigenvalue weighted by atomic mass is 9.56. The van der Waals surface area contributed by atoms with Gasteiger partial charge in [-0.25, -0.2) is 0 Å². The molecule has 3 heteroatoms. The quantitative estimate of drug-likeness (QED) is 0.885. The van der Waals surface area contributed by atoms with Gasteiger partial charge in [0.2, 0.25) is 0 Å². The van der Waals surface area contributed by atoms with Crippen LogP contribution in [0, 0.1) is 11.8 Å². The Bertz CT molecular complexity index is 591. The van der Waals surface area contributed by atoms with Crippen LogP contribution in [0.5, 0.6) is 0 Å². The summed E-state index contributed by atoms with van der Waals surface area (Å²) in [5.41, 5.74) is 2.81. The van der Waals surface area contributed by atoms with Crippen molar-refractivity contribution in [1.29, 1.82) is 0 Å². The number of rotatable bonds is 2. The van der Waals surface area contributed by atoms with E-state index < -0.39 is 0 Å². The first-order chi connectivity index (χ1) is 10.8. The zero-order chi connectivity index (χ0) is 15.0. The number of fused-ring (bicyclic) bond motifs is 1. The third-order valence-electron chi connectivity index (χ3n) is 5.80. The van der Waals surface area contributed by atoms with Gasteiger partial charge in [-0.1, -0.05) is 60.7 Å². The van der Waals surface area contributed by atoms with Crippen molar-refractivity contribution in [1.82, 2.24) is 5.32 Å². The Balaban J connectivity index is 0.00000156. The summed E-state index contributed by atoms with van der Waals surface area (Å²) in [6, 6.07) is 21.8. The highest BCUT2D eigenvalue weighted by Gasteiger charge is 2.52. The first-order valence-electron chi connectivity index (χ1n) is 8.32. The van der Waals surface area contributed by atoms with Crippen molar-refractivity contribution >= 4 is 12.4 Å². The highest BCUT2D eigenvalue weighted by molar-refractivity contribution is 5.85. The molecule has 0 aromatic heterocycles. The van der Waals surface area contributed by atoms with Crippen LogP contribution in [0.25, 0.3) is 0 Å². The molecule has 23 heavy (non-hydrogen) atoms. The van der Waals surface area contributed by atoms with Crippen LogP contribution in [-0.2, 0) is 5.41 Å². The molecule has 2 aromatic rings. The minimum atomic E-state index is -0.166. The third kappa shape index (κ3) is 2.59. The van der Waals surface area contributed by atoms with Crippen molar-refractivity contribution in [2.75, 3.05) is 13.1 Å². The van der Waals surface area contributed by atoms with E-state index in [1.807, 2.05) is 0 Å². The number of nitrogens with one attached hydrogen (secondary N) is 1. The number of hydrogen-bond acceptors (Lipinski definition) is 2. The lowest BCUT2D eigenvalue weighted by Crippen LogP contribution is -2.48. The van der Waals surface area contributed by atoms with Crippen molar-refractivity contribution in [2.24, 2.45) is 11.8 Å². The zero-order valence-corrected chi connectivity index (χ0v) is 14.0. The van der Waals surface area contributed by atoms with E-state index in [2.05, 4.69) is 66.0 Å². The van der Waals surface area contributed by atoms with Crippen molar-refractivity contribution in [3.8, 4) is 0 Å². The van der Waals surface area contributed by atoms with Crippen LogP contribution in [0.2, 0.25) is 0 Å². The number of benzene rings is 2. The minimum absolute atomic E-state index is 0. The second-order valence-corrected chi connectivity index (χ2v) is 6.74. The first kappa shape index (κ1) is 16.5. The molecule has 1 saturated heterocycles. The lowest BCUT2D eigenvalue weighted by Gasteiger charge is -2.48. The Morgan fingerprint density at radius 2 is 1.43 bits per heavy atom. The highest BCUT2D eigenvalue weighted by Crippen LogP contribution is 2.51. The van der Waals surface area contributed by atoms with E-state index in [1.165, 1.54) is 11.1 Å². The van der Waals surface area contributed by atoms with Gasteiger partial charge in [0.15, 0.2) is 0 Å². The second kappa shape index (κ2) is 6.64. The molecule has 1 aliphatic heterocycles. The molecule has 2 nitrogen and oxygen atoms in total. The Labute approximate surface area is 144 Å². The van der Waals surface area contributed by atoms with Crippen LogP contribution in [0.1, 0.15) is 24.0 Å². The van der Waals surface area contributed by atoms with Crippen molar-refractivity contribution in [3.05, 3.63) is 71.8 Å². The summed E-state index contributed by atoms with van der Waals surface area (Å²) in [7, 11) is 0. The summed E-state index contributed by atoms with van der Waals surface area (Å²) in [4.78, 5) is 0. The summed E-state index contributed by atoms with van der Waals surface area (Å²) in [5, 5.41) is 14.0. The fourth-order valence-electron chi connectivity index (χ4n) is 4.77. The number of aliphatic hydroxyl groups excluding tert-OH is 1. The van der Waals surface area contributed by atoms with Gasteiger partial charge in [0.1, 0.15) is 0 Å². The average molecular weight is 330 g/mol. The van der Waals surface area contributed by atoms with Crippen LogP contribution in [0.3, 0.4) is 0 Å². The monoisotopic (exact) mass is 329 g/mol. The Morgan fingerprint density at radius 3 is 2.00 bits per heavy atom. The SMILES string of the molecule is Cl.OC1CCC(c2ccccc2)(c2ccccc2)[C@@H]2CNCC12. The summed E-state index contributed by atoms with van der Waals surface area (Å²) in [5.74, 6) is 0.815. The van der Waals surface area contributed by atoms with Gasteiger partial charge in [-0.15, -0.1) is 12.4 Å². The fraction of sp³-hybridized carbons (Fsp3) is 0.400. The molecule has 2 unspecified atom stereocenters. The van der Waals surface area contributed by atoms with Gasteiger partial charge < -0.3 is 10.4 Å². The molecule has 0 amide bonds. The van der Waals surface area contributed by atoms with Crippen molar-refractivity contribution in [3.63, 3.8) is 0 Å². The molecule has 3 atom stereocenters. The van der Waals surface area contributed by atoms with Crippen molar-refractivity contribution < 1.29 is 5.11 Å². The molecule has 4 rings (SSSR count). The predicted molar refractivity (Wildman–Crippen MR) is 96.0 cm³/mol. The van der Waals surface area contributed by atoms with E-state index in [-0.39, 0.29) is 23.9 Å². The molecule has 2 aliphatic rings. The van der Waals surface area contributed by atoms with Gasteiger partial charge in [-0.3, -0.25) is 0 Å². The third-order valence-corrected chi connectivity index (χ3v) is 5.80. The minimum Gasteiger partial charge on any atom is -0.393 e. The molecule has 2 aromatic carbocycles. The molecule has 1 saturated carbocycles. The van der Waals surface area contributed by atoms with E-state index in [0.717, 1.165) is 25.9 Å². The van der Waals surface area contributed by atoms with Crippen LogP contribution in [-0.4, -0.2) is 24.3 Å². The molecule has 122 valence electrons. The topological polar surface area (TPSA) is 32.3 Å². The van der Waals surface area contributed by atoms with Crippen LogP contribution >= 0.6 is 12.4 Å². The van der Waals surface area contributed by atoms with Crippen LogP contribution in [0.4, 0.5) is 0 Å². The molecule has 2 fully saturated rings.